The topological polar surface area (TPSA) is 38.7 Å². The minimum absolute atomic E-state index is 0.131. The number of hydrogen-bond donors (Lipinski definition) is 1. The van der Waals surface area contributed by atoms with Gasteiger partial charge in [-0.1, -0.05) is 35.9 Å². The third-order valence-electron chi connectivity index (χ3n) is 3.88. The van der Waals surface area contributed by atoms with Crippen molar-refractivity contribution < 1.29 is 14.6 Å². The Morgan fingerprint density at radius 2 is 2.10 bits per heavy atom. The first-order valence-corrected chi connectivity index (χ1v) is 7.28. The lowest BCUT2D eigenvalue weighted by Gasteiger charge is -2.30. The van der Waals surface area contributed by atoms with Gasteiger partial charge in [0.2, 0.25) is 0 Å². The van der Waals surface area contributed by atoms with Crippen LogP contribution in [0.15, 0.2) is 36.4 Å². The number of fused-ring (bicyclic) bond motifs is 1. The highest BCUT2D eigenvalue weighted by Gasteiger charge is 2.26. The molecule has 0 saturated carbocycles. The zero-order valence-electron chi connectivity index (χ0n) is 11.8. The molecule has 0 bridgehead atoms. The molecule has 1 aliphatic rings. The number of methoxy groups -OCH3 is 1. The lowest BCUT2D eigenvalue weighted by atomic mass is 9.78. The molecule has 3 nitrogen and oxygen atoms in total. The van der Waals surface area contributed by atoms with Crippen molar-refractivity contribution in [3.63, 3.8) is 0 Å². The minimum Gasteiger partial charge on any atom is -0.493 e. The summed E-state index contributed by atoms with van der Waals surface area (Å²) in [5.41, 5.74) is 3.37. The molecule has 0 amide bonds. The second kappa shape index (κ2) is 5.96. The Hall–Kier alpha value is -1.71. The second-order valence-electron chi connectivity index (χ2n) is 5.17. The van der Waals surface area contributed by atoms with Crippen LogP contribution >= 0.6 is 11.6 Å². The summed E-state index contributed by atoms with van der Waals surface area (Å²) in [6.07, 6.45) is 1.03. The summed E-state index contributed by atoms with van der Waals surface area (Å²) in [6, 6.07) is 11.8. The highest BCUT2D eigenvalue weighted by atomic mass is 35.5. The van der Waals surface area contributed by atoms with Crippen molar-refractivity contribution in [1.82, 2.24) is 0 Å². The summed E-state index contributed by atoms with van der Waals surface area (Å²) in [4.78, 5) is 0. The number of benzene rings is 2. The fourth-order valence-electron chi connectivity index (χ4n) is 2.75. The van der Waals surface area contributed by atoms with Crippen LogP contribution in [-0.4, -0.2) is 18.8 Å². The zero-order valence-corrected chi connectivity index (χ0v) is 12.6. The summed E-state index contributed by atoms with van der Waals surface area (Å²) in [5, 5.41) is 9.99. The van der Waals surface area contributed by atoms with Crippen LogP contribution in [0.1, 0.15) is 22.6 Å². The van der Waals surface area contributed by atoms with E-state index in [4.69, 9.17) is 21.1 Å². The number of hydrogen-bond acceptors (Lipinski definition) is 3. The van der Waals surface area contributed by atoms with E-state index in [1.165, 1.54) is 11.1 Å². The summed E-state index contributed by atoms with van der Waals surface area (Å²) in [5.74, 6) is 1.53. The van der Waals surface area contributed by atoms with Gasteiger partial charge in [0.05, 0.1) is 20.3 Å². The molecule has 0 heterocycles. The maximum atomic E-state index is 9.46. The Labute approximate surface area is 129 Å². The third-order valence-corrected chi connectivity index (χ3v) is 4.10. The van der Waals surface area contributed by atoms with Crippen molar-refractivity contribution in [2.24, 2.45) is 0 Å². The van der Waals surface area contributed by atoms with Crippen LogP contribution in [0, 0.1) is 0 Å². The molecular weight excluding hydrogens is 288 g/mol. The SMILES string of the molecule is COc1cc(Cl)cc(CO)c1OCC1Cc2ccccc21. The van der Waals surface area contributed by atoms with Crippen LogP contribution in [0.4, 0.5) is 0 Å². The van der Waals surface area contributed by atoms with Gasteiger partial charge in [-0.05, 0) is 23.6 Å². The molecule has 2 aromatic rings. The highest BCUT2D eigenvalue weighted by molar-refractivity contribution is 6.30. The summed E-state index contributed by atoms with van der Waals surface area (Å²) >= 11 is 6.00. The van der Waals surface area contributed by atoms with E-state index < -0.39 is 0 Å². The van der Waals surface area contributed by atoms with Crippen molar-refractivity contribution in [3.8, 4) is 11.5 Å². The smallest absolute Gasteiger partial charge is 0.166 e. The van der Waals surface area contributed by atoms with Gasteiger partial charge in [0.1, 0.15) is 0 Å². The molecule has 21 heavy (non-hydrogen) atoms. The van der Waals surface area contributed by atoms with Crippen LogP contribution < -0.4 is 9.47 Å². The first kappa shape index (κ1) is 14.2. The van der Waals surface area contributed by atoms with Gasteiger partial charge in [-0.2, -0.15) is 0 Å². The molecule has 4 heteroatoms. The van der Waals surface area contributed by atoms with Crippen molar-refractivity contribution in [2.75, 3.05) is 13.7 Å². The molecule has 0 fully saturated rings. The fourth-order valence-corrected chi connectivity index (χ4v) is 2.98. The lowest BCUT2D eigenvalue weighted by Crippen LogP contribution is -2.23. The number of aliphatic hydroxyl groups excluding tert-OH is 1. The van der Waals surface area contributed by atoms with E-state index in [1.54, 1.807) is 19.2 Å². The maximum Gasteiger partial charge on any atom is 0.166 e. The predicted octanol–water partition coefficient (Wildman–Crippen LogP) is 3.56. The van der Waals surface area contributed by atoms with Gasteiger partial charge in [0.25, 0.3) is 0 Å². The molecule has 0 radical (unpaired) electrons. The van der Waals surface area contributed by atoms with Crippen LogP contribution in [0.3, 0.4) is 0 Å². The quantitative estimate of drug-likeness (QED) is 0.918. The molecule has 0 aromatic heterocycles. The highest BCUT2D eigenvalue weighted by Crippen LogP contribution is 2.38. The van der Waals surface area contributed by atoms with E-state index in [-0.39, 0.29) is 6.61 Å². The Morgan fingerprint density at radius 3 is 2.81 bits per heavy atom. The number of ether oxygens (including phenoxy) is 2. The molecular formula is C17H17ClO3. The normalized spacial score (nSPS) is 16.0. The number of halogens is 1. The summed E-state index contributed by atoms with van der Waals surface area (Å²) in [6.45, 7) is 0.440. The molecule has 1 atom stereocenters. The van der Waals surface area contributed by atoms with Crippen LogP contribution in [0.25, 0.3) is 0 Å². The number of rotatable bonds is 5. The first-order chi connectivity index (χ1) is 10.2. The molecule has 3 rings (SSSR count). The largest absolute Gasteiger partial charge is 0.493 e. The molecule has 1 unspecified atom stereocenters. The van der Waals surface area contributed by atoms with Crippen LogP contribution in [0.5, 0.6) is 11.5 Å². The van der Waals surface area contributed by atoms with Crippen LogP contribution in [-0.2, 0) is 13.0 Å². The number of aliphatic hydroxyl groups is 1. The minimum atomic E-state index is -0.131. The van der Waals surface area contributed by atoms with Gasteiger partial charge in [0.15, 0.2) is 11.5 Å². The molecule has 2 aromatic carbocycles. The fraction of sp³-hybridized carbons (Fsp3) is 0.294. The monoisotopic (exact) mass is 304 g/mol. The third kappa shape index (κ3) is 2.71. The molecule has 110 valence electrons. The van der Waals surface area contributed by atoms with Gasteiger partial charge in [-0.15, -0.1) is 0 Å². The van der Waals surface area contributed by atoms with E-state index in [2.05, 4.69) is 18.2 Å². The average molecular weight is 305 g/mol. The van der Waals surface area contributed by atoms with E-state index in [0.29, 0.717) is 34.6 Å². The van der Waals surface area contributed by atoms with Crippen LogP contribution in [0.2, 0.25) is 5.02 Å². The Kier molecular flexibility index (Phi) is 4.04. The molecule has 1 aliphatic carbocycles. The van der Waals surface area contributed by atoms with Gasteiger partial charge in [-0.3, -0.25) is 0 Å². The van der Waals surface area contributed by atoms with Crippen molar-refractivity contribution in [2.45, 2.75) is 18.9 Å². The lowest BCUT2D eigenvalue weighted by molar-refractivity contribution is 0.238. The van der Waals surface area contributed by atoms with Gasteiger partial charge in [-0.25, -0.2) is 0 Å². The molecule has 0 saturated heterocycles. The standard InChI is InChI=1S/C17H17ClO3/c1-20-16-8-14(18)7-12(9-19)17(16)21-10-13-6-11-4-2-3-5-15(11)13/h2-5,7-8,13,19H,6,9-10H2,1H3. The Bertz CT molecular complexity index is 629. The predicted molar refractivity (Wildman–Crippen MR) is 82.3 cm³/mol. The van der Waals surface area contributed by atoms with E-state index >= 15 is 0 Å². The van der Waals surface area contributed by atoms with Gasteiger partial charge < -0.3 is 14.6 Å². The first-order valence-electron chi connectivity index (χ1n) is 6.90. The van der Waals surface area contributed by atoms with Gasteiger partial charge in [0, 0.05) is 22.6 Å². The van der Waals surface area contributed by atoms with Crippen molar-refractivity contribution >= 4 is 11.6 Å². The average Bonchev–Trinajstić information content (AvgIpc) is 2.48. The van der Waals surface area contributed by atoms with E-state index in [9.17, 15) is 5.11 Å². The zero-order chi connectivity index (χ0) is 14.8. The Balaban J connectivity index is 1.77. The molecule has 0 aliphatic heterocycles. The summed E-state index contributed by atoms with van der Waals surface area (Å²) in [7, 11) is 1.57. The van der Waals surface area contributed by atoms with Crippen molar-refractivity contribution in [1.29, 1.82) is 0 Å². The molecule has 1 N–H and O–H groups in total. The van der Waals surface area contributed by atoms with E-state index in [0.717, 1.165) is 6.42 Å². The Morgan fingerprint density at radius 1 is 1.29 bits per heavy atom. The van der Waals surface area contributed by atoms with Gasteiger partial charge >= 0.3 is 0 Å². The summed E-state index contributed by atoms with van der Waals surface area (Å²) < 4.78 is 11.2. The van der Waals surface area contributed by atoms with Crippen molar-refractivity contribution in [3.05, 3.63) is 58.1 Å². The van der Waals surface area contributed by atoms with E-state index in [1.807, 2.05) is 6.07 Å². The molecule has 0 spiro atoms. The second-order valence-corrected chi connectivity index (χ2v) is 5.60. The maximum absolute atomic E-state index is 9.46.